The summed E-state index contributed by atoms with van der Waals surface area (Å²) in [6.45, 7) is 4.42. The van der Waals surface area contributed by atoms with Gasteiger partial charge in [-0.25, -0.2) is 0 Å². The van der Waals surface area contributed by atoms with E-state index in [9.17, 15) is 4.79 Å². The molecule has 0 aliphatic carbocycles. The highest BCUT2D eigenvalue weighted by molar-refractivity contribution is 5.72. The van der Waals surface area contributed by atoms with Crippen LogP contribution >= 0.6 is 0 Å². The molecule has 0 aliphatic rings. The quantitative estimate of drug-likeness (QED) is 0.646. The summed E-state index contributed by atoms with van der Waals surface area (Å²) < 4.78 is 5.59. The molecule has 0 bridgehead atoms. The molecule has 0 spiro atoms. The smallest absolute Gasteiger partial charge is 0.216 e. The highest BCUT2D eigenvalue weighted by Crippen LogP contribution is 2.13. The Morgan fingerprint density at radius 2 is 2.19 bits per heavy atom. The Morgan fingerprint density at radius 1 is 1.33 bits per heavy atom. The van der Waals surface area contributed by atoms with Crippen LogP contribution in [-0.4, -0.2) is 25.6 Å². The molecule has 0 aromatic heterocycles. The standard InChI is InChI=1S/C16H23N3O2/c1-14(20)19-10-5-9-18-13-15-6-4-7-16(12-15)21-11-3-2-8-17/h4,6-7,12,18H,2-3,5,9-11,13H2,1H3,(H,19,20). The molecular formula is C16H23N3O2. The van der Waals surface area contributed by atoms with E-state index in [1.165, 1.54) is 6.92 Å². The molecule has 1 aromatic rings. The number of carbonyl (C=O) groups is 1. The first-order valence-electron chi connectivity index (χ1n) is 7.26. The van der Waals surface area contributed by atoms with Gasteiger partial charge in [0.2, 0.25) is 5.91 Å². The Bertz CT molecular complexity index is 469. The van der Waals surface area contributed by atoms with Crippen LogP contribution in [0, 0.1) is 11.3 Å². The van der Waals surface area contributed by atoms with Crippen molar-refractivity contribution >= 4 is 5.91 Å². The van der Waals surface area contributed by atoms with Gasteiger partial charge in [0.15, 0.2) is 0 Å². The van der Waals surface area contributed by atoms with Gasteiger partial charge in [0.1, 0.15) is 5.75 Å². The maximum absolute atomic E-state index is 10.7. The van der Waals surface area contributed by atoms with Crippen LogP contribution in [-0.2, 0) is 11.3 Å². The lowest BCUT2D eigenvalue weighted by Gasteiger charge is -2.08. The van der Waals surface area contributed by atoms with Crippen molar-refractivity contribution in [2.24, 2.45) is 0 Å². The molecule has 0 unspecified atom stereocenters. The molecular weight excluding hydrogens is 266 g/mol. The molecule has 21 heavy (non-hydrogen) atoms. The van der Waals surface area contributed by atoms with E-state index in [0.29, 0.717) is 19.6 Å². The molecule has 5 nitrogen and oxygen atoms in total. The zero-order chi connectivity index (χ0) is 15.3. The van der Waals surface area contributed by atoms with Crippen LogP contribution in [0.15, 0.2) is 24.3 Å². The van der Waals surface area contributed by atoms with E-state index >= 15 is 0 Å². The predicted molar refractivity (Wildman–Crippen MR) is 81.8 cm³/mol. The largest absolute Gasteiger partial charge is 0.494 e. The summed E-state index contributed by atoms with van der Waals surface area (Å²) in [6.07, 6.45) is 2.18. The molecule has 0 saturated heterocycles. The molecule has 0 atom stereocenters. The SMILES string of the molecule is CC(=O)NCCCNCc1cccc(OCCCC#N)c1. The van der Waals surface area contributed by atoms with E-state index < -0.39 is 0 Å². The molecule has 5 heteroatoms. The van der Waals surface area contributed by atoms with Gasteiger partial charge in [-0.15, -0.1) is 0 Å². The van der Waals surface area contributed by atoms with Gasteiger partial charge in [0, 0.05) is 26.4 Å². The average Bonchev–Trinajstić information content (AvgIpc) is 2.47. The Morgan fingerprint density at radius 3 is 2.95 bits per heavy atom. The second-order valence-electron chi connectivity index (χ2n) is 4.77. The van der Waals surface area contributed by atoms with E-state index in [1.54, 1.807) is 0 Å². The number of benzene rings is 1. The molecule has 0 heterocycles. The highest BCUT2D eigenvalue weighted by Gasteiger charge is 1.98. The lowest BCUT2D eigenvalue weighted by molar-refractivity contribution is -0.118. The number of hydrogen-bond acceptors (Lipinski definition) is 4. The summed E-state index contributed by atoms with van der Waals surface area (Å²) in [4.78, 5) is 10.7. The number of nitrogens with zero attached hydrogens (tertiary/aromatic N) is 1. The van der Waals surface area contributed by atoms with Crippen LogP contribution in [0.25, 0.3) is 0 Å². The van der Waals surface area contributed by atoms with Gasteiger partial charge >= 0.3 is 0 Å². The number of carbonyl (C=O) groups excluding carboxylic acids is 1. The molecule has 0 aliphatic heterocycles. The summed E-state index contributed by atoms with van der Waals surface area (Å²) in [5.41, 5.74) is 1.16. The van der Waals surface area contributed by atoms with E-state index in [4.69, 9.17) is 10.00 Å². The van der Waals surface area contributed by atoms with Gasteiger partial charge in [0.25, 0.3) is 0 Å². The van der Waals surface area contributed by atoms with E-state index in [-0.39, 0.29) is 5.91 Å². The fourth-order valence-electron chi connectivity index (χ4n) is 1.80. The van der Waals surface area contributed by atoms with Crippen molar-refractivity contribution < 1.29 is 9.53 Å². The van der Waals surface area contributed by atoms with Crippen molar-refractivity contribution in [1.29, 1.82) is 5.26 Å². The second kappa shape index (κ2) is 10.7. The summed E-state index contributed by atoms with van der Waals surface area (Å²) in [5, 5.41) is 14.6. The van der Waals surface area contributed by atoms with E-state index in [1.807, 2.05) is 24.3 Å². The van der Waals surface area contributed by atoms with Gasteiger partial charge in [0.05, 0.1) is 12.7 Å². The van der Waals surface area contributed by atoms with Crippen LogP contribution in [0.2, 0.25) is 0 Å². The van der Waals surface area contributed by atoms with Crippen LogP contribution in [0.4, 0.5) is 0 Å². The fourth-order valence-corrected chi connectivity index (χ4v) is 1.80. The summed E-state index contributed by atoms with van der Waals surface area (Å²) >= 11 is 0. The van der Waals surface area contributed by atoms with Gasteiger partial charge in [-0.1, -0.05) is 12.1 Å². The minimum absolute atomic E-state index is 0.0104. The zero-order valence-electron chi connectivity index (χ0n) is 12.5. The molecule has 2 N–H and O–H groups in total. The van der Waals surface area contributed by atoms with Crippen LogP contribution in [0.1, 0.15) is 31.7 Å². The van der Waals surface area contributed by atoms with E-state index in [2.05, 4.69) is 16.7 Å². The van der Waals surface area contributed by atoms with Crippen LogP contribution in [0.5, 0.6) is 5.75 Å². The lowest BCUT2D eigenvalue weighted by atomic mass is 10.2. The highest BCUT2D eigenvalue weighted by atomic mass is 16.5. The van der Waals surface area contributed by atoms with Gasteiger partial charge in [-0.2, -0.15) is 5.26 Å². The Kier molecular flexibility index (Phi) is 8.65. The molecule has 1 rings (SSSR count). The minimum Gasteiger partial charge on any atom is -0.494 e. The molecule has 0 saturated carbocycles. The predicted octanol–water partition coefficient (Wildman–Crippen LogP) is 1.98. The lowest BCUT2D eigenvalue weighted by Crippen LogP contribution is -2.24. The normalized spacial score (nSPS) is 9.90. The van der Waals surface area contributed by atoms with Gasteiger partial charge in [-0.3, -0.25) is 4.79 Å². The van der Waals surface area contributed by atoms with Crippen LogP contribution < -0.4 is 15.4 Å². The first kappa shape index (κ1) is 17.0. The van der Waals surface area contributed by atoms with Crippen molar-refractivity contribution in [2.45, 2.75) is 32.7 Å². The summed E-state index contributed by atoms with van der Waals surface area (Å²) in [7, 11) is 0. The van der Waals surface area contributed by atoms with Crippen molar-refractivity contribution in [3.8, 4) is 11.8 Å². The van der Waals surface area contributed by atoms with E-state index in [0.717, 1.165) is 37.2 Å². The van der Waals surface area contributed by atoms with Crippen molar-refractivity contribution in [1.82, 2.24) is 10.6 Å². The van der Waals surface area contributed by atoms with Gasteiger partial charge in [-0.05, 0) is 37.1 Å². The molecule has 1 aromatic carbocycles. The monoisotopic (exact) mass is 289 g/mol. The number of nitrogens with one attached hydrogen (secondary N) is 2. The molecule has 0 radical (unpaired) electrons. The van der Waals surface area contributed by atoms with Gasteiger partial charge < -0.3 is 15.4 Å². The molecule has 114 valence electrons. The summed E-state index contributed by atoms with van der Waals surface area (Å²) in [5.74, 6) is 0.849. The number of amides is 1. The topological polar surface area (TPSA) is 74.2 Å². The third kappa shape index (κ3) is 8.66. The Balaban J connectivity index is 2.20. The minimum atomic E-state index is 0.0104. The number of rotatable bonds is 10. The number of nitriles is 1. The third-order valence-electron chi connectivity index (χ3n) is 2.83. The van der Waals surface area contributed by atoms with Crippen LogP contribution in [0.3, 0.4) is 0 Å². The Hall–Kier alpha value is -2.06. The summed E-state index contributed by atoms with van der Waals surface area (Å²) in [6, 6.07) is 10.0. The fraction of sp³-hybridized carbons (Fsp3) is 0.500. The third-order valence-corrected chi connectivity index (χ3v) is 2.83. The second-order valence-corrected chi connectivity index (χ2v) is 4.77. The zero-order valence-corrected chi connectivity index (χ0v) is 12.5. The molecule has 0 fully saturated rings. The number of ether oxygens (including phenoxy) is 1. The first-order valence-corrected chi connectivity index (χ1v) is 7.26. The molecule has 1 amide bonds. The first-order chi connectivity index (χ1) is 10.2. The van der Waals surface area contributed by atoms with Crippen molar-refractivity contribution in [3.05, 3.63) is 29.8 Å². The maximum atomic E-state index is 10.7. The number of unbranched alkanes of at least 4 members (excludes halogenated alkanes) is 1. The number of hydrogen-bond donors (Lipinski definition) is 2. The Labute approximate surface area is 126 Å². The van der Waals surface area contributed by atoms with Crippen molar-refractivity contribution in [3.63, 3.8) is 0 Å². The average molecular weight is 289 g/mol. The van der Waals surface area contributed by atoms with Crippen molar-refractivity contribution in [2.75, 3.05) is 19.7 Å². The maximum Gasteiger partial charge on any atom is 0.216 e.